The maximum atomic E-state index is 11.4. The molecule has 0 aliphatic heterocycles. The first kappa shape index (κ1) is 23.9. The van der Waals surface area contributed by atoms with Crippen molar-refractivity contribution in [3.8, 4) is 6.01 Å². The van der Waals surface area contributed by atoms with Crippen molar-refractivity contribution < 1.29 is 19.7 Å². The number of aliphatic hydroxyl groups excluding tert-OH is 1. The van der Waals surface area contributed by atoms with E-state index in [9.17, 15) is 15.0 Å². The SMILES string of the molecule is C=C/C(=C\C=C\C(C)O)c1cc2nc(O/C=C/C(C(=O)O)=C(C)\C=C/C)[nH]c2cc1Cl. The zero-order valence-electron chi connectivity index (χ0n) is 17.6. The summed E-state index contributed by atoms with van der Waals surface area (Å²) in [5.74, 6) is -1.05. The van der Waals surface area contributed by atoms with Gasteiger partial charge in [0.25, 0.3) is 6.01 Å². The molecule has 1 atom stereocenters. The molecule has 1 unspecified atom stereocenters. The number of benzene rings is 1. The lowest BCUT2D eigenvalue weighted by atomic mass is 10.0. The number of fused-ring (bicyclic) bond motifs is 1. The van der Waals surface area contributed by atoms with Crippen LogP contribution in [-0.4, -0.2) is 32.3 Å². The number of ether oxygens (including phenoxy) is 1. The molecule has 0 aliphatic carbocycles. The smallest absolute Gasteiger partial charge is 0.336 e. The Morgan fingerprint density at radius 1 is 1.35 bits per heavy atom. The van der Waals surface area contributed by atoms with Crippen molar-refractivity contribution in [1.82, 2.24) is 9.97 Å². The van der Waals surface area contributed by atoms with Crippen LogP contribution in [0.3, 0.4) is 0 Å². The molecule has 6 nitrogen and oxygen atoms in total. The van der Waals surface area contributed by atoms with Gasteiger partial charge < -0.3 is 19.9 Å². The molecule has 0 spiro atoms. The van der Waals surface area contributed by atoms with Gasteiger partial charge >= 0.3 is 5.97 Å². The van der Waals surface area contributed by atoms with E-state index < -0.39 is 12.1 Å². The minimum atomic E-state index is -1.05. The Kier molecular flexibility index (Phi) is 8.61. The van der Waals surface area contributed by atoms with Crippen molar-refractivity contribution in [3.05, 3.63) is 89.2 Å². The second-order valence-electron chi connectivity index (χ2n) is 6.67. The predicted molar refractivity (Wildman–Crippen MR) is 125 cm³/mol. The van der Waals surface area contributed by atoms with E-state index in [-0.39, 0.29) is 11.6 Å². The highest BCUT2D eigenvalue weighted by Crippen LogP contribution is 2.30. The summed E-state index contributed by atoms with van der Waals surface area (Å²) in [6, 6.07) is 3.73. The Morgan fingerprint density at radius 2 is 2.10 bits per heavy atom. The normalized spacial score (nSPS) is 14.5. The Bertz CT molecular complexity index is 1120. The molecule has 0 aliphatic rings. The van der Waals surface area contributed by atoms with Crippen LogP contribution in [0, 0.1) is 0 Å². The van der Waals surface area contributed by atoms with E-state index in [0.717, 1.165) is 11.1 Å². The molecule has 1 heterocycles. The number of imidazole rings is 1. The number of hydrogen-bond acceptors (Lipinski definition) is 4. The van der Waals surface area contributed by atoms with Gasteiger partial charge in [-0.15, -0.1) is 0 Å². The molecule has 0 bridgehead atoms. The Labute approximate surface area is 186 Å². The van der Waals surface area contributed by atoms with E-state index in [1.54, 1.807) is 62.4 Å². The number of nitrogens with zero attached hydrogens (tertiary/aromatic N) is 1. The number of aromatic amines is 1. The van der Waals surface area contributed by atoms with Gasteiger partial charge in [0.05, 0.1) is 34.0 Å². The van der Waals surface area contributed by atoms with Gasteiger partial charge in [0.15, 0.2) is 0 Å². The molecule has 0 saturated carbocycles. The van der Waals surface area contributed by atoms with Crippen molar-refractivity contribution in [2.45, 2.75) is 26.9 Å². The zero-order chi connectivity index (χ0) is 23.0. The topological polar surface area (TPSA) is 95.4 Å². The minimum Gasteiger partial charge on any atom is -0.478 e. The monoisotopic (exact) mass is 440 g/mol. The number of H-pyrrole nitrogens is 1. The summed E-state index contributed by atoms with van der Waals surface area (Å²) in [5.41, 5.74) is 3.50. The molecule has 1 aromatic carbocycles. The molecule has 0 amide bonds. The molecule has 2 aromatic rings. The number of carboxylic acid groups (broad SMARTS) is 1. The quantitative estimate of drug-likeness (QED) is 0.268. The third-order valence-electron chi connectivity index (χ3n) is 4.23. The first-order valence-corrected chi connectivity index (χ1v) is 9.93. The number of aromatic nitrogens is 2. The maximum absolute atomic E-state index is 11.4. The molecule has 2 rings (SSSR count). The summed E-state index contributed by atoms with van der Waals surface area (Å²) in [7, 11) is 0. The highest BCUT2D eigenvalue weighted by atomic mass is 35.5. The highest BCUT2D eigenvalue weighted by molar-refractivity contribution is 6.33. The average molecular weight is 441 g/mol. The number of rotatable bonds is 9. The van der Waals surface area contributed by atoms with Gasteiger partial charge in [-0.2, -0.15) is 4.98 Å². The van der Waals surface area contributed by atoms with E-state index in [2.05, 4.69) is 16.5 Å². The summed E-state index contributed by atoms with van der Waals surface area (Å²) < 4.78 is 5.47. The molecule has 7 heteroatoms. The van der Waals surface area contributed by atoms with Crippen LogP contribution in [0.25, 0.3) is 16.6 Å². The lowest BCUT2D eigenvalue weighted by Crippen LogP contribution is -2.00. The van der Waals surface area contributed by atoms with Gasteiger partial charge in [0, 0.05) is 5.56 Å². The van der Waals surface area contributed by atoms with Crippen molar-refractivity contribution in [2.75, 3.05) is 0 Å². The van der Waals surface area contributed by atoms with Crippen LogP contribution in [0.2, 0.25) is 5.02 Å². The molecule has 0 saturated heterocycles. The van der Waals surface area contributed by atoms with E-state index >= 15 is 0 Å². The van der Waals surface area contributed by atoms with Gasteiger partial charge in [-0.05, 0) is 50.1 Å². The minimum absolute atomic E-state index is 0.116. The number of allylic oxidation sites excluding steroid dienone is 7. The molecule has 31 heavy (non-hydrogen) atoms. The molecule has 1 aromatic heterocycles. The zero-order valence-corrected chi connectivity index (χ0v) is 18.3. The standard InChI is InChI=1S/C24H25ClN2O4/c1-5-8-15(3)18(23(29)30)11-12-31-24-26-21-13-19(20(25)14-22(21)27-24)17(6-2)10-7-9-16(4)28/h5-14,16,28H,2H2,1,3-4H3,(H,26,27)(H,29,30)/b8-5-,9-7+,12-11+,17-10+,18-15+. The summed E-state index contributed by atoms with van der Waals surface area (Å²) in [6.45, 7) is 9.00. The number of halogens is 1. The fraction of sp³-hybridized carbons (Fsp3) is 0.167. The largest absolute Gasteiger partial charge is 0.478 e. The fourth-order valence-corrected chi connectivity index (χ4v) is 3.02. The molecular weight excluding hydrogens is 416 g/mol. The molecule has 0 fully saturated rings. The van der Waals surface area contributed by atoms with Crippen LogP contribution in [0.4, 0.5) is 0 Å². The Balaban J connectivity index is 2.32. The number of aliphatic carboxylic acids is 1. The number of nitrogens with one attached hydrogen (secondary N) is 1. The van der Waals surface area contributed by atoms with Gasteiger partial charge in [0.2, 0.25) is 0 Å². The predicted octanol–water partition coefficient (Wildman–Crippen LogP) is 5.59. The van der Waals surface area contributed by atoms with Gasteiger partial charge in [0.1, 0.15) is 0 Å². The van der Waals surface area contributed by atoms with E-state index in [0.29, 0.717) is 21.6 Å². The van der Waals surface area contributed by atoms with Crippen LogP contribution in [-0.2, 0) is 4.79 Å². The molecule has 162 valence electrons. The van der Waals surface area contributed by atoms with E-state index in [4.69, 9.17) is 16.3 Å². The number of aliphatic hydroxyl groups is 1. The fourth-order valence-electron chi connectivity index (χ4n) is 2.75. The third-order valence-corrected chi connectivity index (χ3v) is 4.54. The number of carbonyl (C=O) groups is 1. The second-order valence-corrected chi connectivity index (χ2v) is 7.07. The second kappa shape index (κ2) is 11.2. The van der Waals surface area contributed by atoms with Crippen molar-refractivity contribution in [1.29, 1.82) is 0 Å². The van der Waals surface area contributed by atoms with E-state index in [1.807, 2.05) is 6.92 Å². The highest BCUT2D eigenvalue weighted by Gasteiger charge is 2.11. The number of hydrogen-bond donors (Lipinski definition) is 3. The molecule has 0 radical (unpaired) electrons. The van der Waals surface area contributed by atoms with Crippen LogP contribution >= 0.6 is 11.6 Å². The van der Waals surface area contributed by atoms with Crippen LogP contribution in [0.1, 0.15) is 26.3 Å². The molecular formula is C24H25ClN2O4. The Hall–Kier alpha value is -3.35. The average Bonchev–Trinajstić information content (AvgIpc) is 3.09. The first-order valence-electron chi connectivity index (χ1n) is 9.55. The molecule has 3 N–H and O–H groups in total. The van der Waals surface area contributed by atoms with Crippen molar-refractivity contribution in [3.63, 3.8) is 0 Å². The van der Waals surface area contributed by atoms with Crippen molar-refractivity contribution >= 4 is 34.2 Å². The maximum Gasteiger partial charge on any atom is 0.336 e. The summed E-state index contributed by atoms with van der Waals surface area (Å²) in [4.78, 5) is 18.8. The lowest BCUT2D eigenvalue weighted by molar-refractivity contribution is -0.132. The van der Waals surface area contributed by atoms with Gasteiger partial charge in [-0.1, -0.05) is 54.6 Å². The summed E-state index contributed by atoms with van der Waals surface area (Å²) in [6.07, 6.45) is 12.4. The first-order chi connectivity index (χ1) is 14.8. The van der Waals surface area contributed by atoms with E-state index in [1.165, 1.54) is 12.3 Å². The Morgan fingerprint density at radius 3 is 2.71 bits per heavy atom. The lowest BCUT2D eigenvalue weighted by Gasteiger charge is -2.05. The third kappa shape index (κ3) is 6.57. The van der Waals surface area contributed by atoms with Gasteiger partial charge in [-0.25, -0.2) is 4.79 Å². The van der Waals surface area contributed by atoms with Crippen molar-refractivity contribution in [2.24, 2.45) is 0 Å². The van der Waals surface area contributed by atoms with Crippen LogP contribution in [0.15, 0.2) is 78.7 Å². The van der Waals surface area contributed by atoms with Crippen LogP contribution < -0.4 is 4.74 Å². The summed E-state index contributed by atoms with van der Waals surface area (Å²) >= 11 is 6.43. The summed E-state index contributed by atoms with van der Waals surface area (Å²) in [5, 5.41) is 19.2. The number of carboxylic acids is 1. The van der Waals surface area contributed by atoms with Gasteiger partial charge in [-0.3, -0.25) is 0 Å². The van der Waals surface area contributed by atoms with Crippen LogP contribution in [0.5, 0.6) is 6.01 Å².